The Bertz CT molecular complexity index is 773. The molecule has 7 nitrogen and oxygen atoms in total. The van der Waals surface area contributed by atoms with Crippen LogP contribution in [-0.4, -0.2) is 58.6 Å². The molecule has 0 saturated heterocycles. The number of likely N-dealkylation sites (N-methyl/N-ethyl adjacent to an activating group) is 1. The lowest BCUT2D eigenvalue weighted by atomic mass is 10.1. The normalized spacial score (nSPS) is 11.5. The molecule has 0 bridgehead atoms. The Balaban J connectivity index is 1.98. The first kappa shape index (κ1) is 21.3. The molecule has 0 heterocycles. The summed E-state index contributed by atoms with van der Waals surface area (Å²) in [5.74, 6) is 0.410. The average molecular weight is 392 g/mol. The summed E-state index contributed by atoms with van der Waals surface area (Å²) in [5.41, 5.74) is 1.07. The maximum absolute atomic E-state index is 13.0. The standard InChI is InChI=1S/C20H25FN2O5/c1-23(15-7-5-14(21)6-8-15)12-16(24)11-22-20(25)13-9-17(26-2)19(28-4)18(10-13)27-3/h5-10,16,24H,11-12H2,1-4H3,(H,22,25). The fourth-order valence-electron chi connectivity index (χ4n) is 2.71. The van der Waals surface area contributed by atoms with Crippen molar-refractivity contribution in [2.75, 3.05) is 46.4 Å². The summed E-state index contributed by atoms with van der Waals surface area (Å²) in [6.07, 6.45) is -0.818. The number of methoxy groups -OCH3 is 3. The van der Waals surface area contributed by atoms with E-state index in [1.807, 2.05) is 0 Å². The Labute approximate surface area is 163 Å². The molecule has 2 rings (SSSR count). The summed E-state index contributed by atoms with van der Waals surface area (Å²) in [6.45, 7) is 0.308. The molecule has 8 heteroatoms. The summed E-state index contributed by atoms with van der Waals surface area (Å²) in [4.78, 5) is 14.2. The zero-order chi connectivity index (χ0) is 20.7. The highest BCUT2D eigenvalue weighted by Gasteiger charge is 2.18. The molecule has 152 valence electrons. The molecule has 28 heavy (non-hydrogen) atoms. The number of nitrogens with zero attached hydrogens (tertiary/aromatic N) is 1. The molecule has 0 aliphatic carbocycles. The first-order valence-electron chi connectivity index (χ1n) is 8.62. The van der Waals surface area contributed by atoms with Gasteiger partial charge in [-0.15, -0.1) is 0 Å². The molecule has 0 aliphatic heterocycles. The van der Waals surface area contributed by atoms with E-state index in [2.05, 4.69) is 5.32 Å². The van der Waals surface area contributed by atoms with E-state index in [0.29, 0.717) is 22.8 Å². The molecule has 1 unspecified atom stereocenters. The number of aliphatic hydroxyl groups excluding tert-OH is 1. The van der Waals surface area contributed by atoms with Crippen LogP contribution in [0.4, 0.5) is 10.1 Å². The van der Waals surface area contributed by atoms with Crippen molar-refractivity contribution in [2.45, 2.75) is 6.10 Å². The van der Waals surface area contributed by atoms with Gasteiger partial charge in [-0.2, -0.15) is 0 Å². The summed E-state index contributed by atoms with van der Waals surface area (Å²) < 4.78 is 28.7. The number of anilines is 1. The molecule has 2 N–H and O–H groups in total. The van der Waals surface area contributed by atoms with Crippen LogP contribution in [0.1, 0.15) is 10.4 Å². The highest BCUT2D eigenvalue weighted by molar-refractivity contribution is 5.95. The van der Waals surface area contributed by atoms with Gasteiger partial charge in [0.25, 0.3) is 5.91 Å². The largest absolute Gasteiger partial charge is 0.493 e. The molecule has 0 radical (unpaired) electrons. The van der Waals surface area contributed by atoms with Gasteiger partial charge in [-0.25, -0.2) is 4.39 Å². The van der Waals surface area contributed by atoms with Crippen LogP contribution in [0.25, 0.3) is 0 Å². The van der Waals surface area contributed by atoms with Crippen LogP contribution in [0.5, 0.6) is 17.2 Å². The third-order valence-electron chi connectivity index (χ3n) is 4.18. The maximum Gasteiger partial charge on any atom is 0.251 e. The van der Waals surface area contributed by atoms with Gasteiger partial charge in [-0.1, -0.05) is 0 Å². The van der Waals surface area contributed by atoms with Crippen molar-refractivity contribution < 1.29 is 28.5 Å². The van der Waals surface area contributed by atoms with Crippen LogP contribution in [0, 0.1) is 5.82 Å². The molecule has 0 aliphatic rings. The second kappa shape index (κ2) is 9.80. The highest BCUT2D eigenvalue weighted by Crippen LogP contribution is 2.38. The van der Waals surface area contributed by atoms with Gasteiger partial charge in [0, 0.05) is 31.4 Å². The van der Waals surface area contributed by atoms with Crippen molar-refractivity contribution in [3.05, 3.63) is 47.8 Å². The summed E-state index contributed by atoms with van der Waals surface area (Å²) in [7, 11) is 6.19. The number of carbonyl (C=O) groups is 1. The van der Waals surface area contributed by atoms with Crippen LogP contribution in [0.2, 0.25) is 0 Å². The smallest absolute Gasteiger partial charge is 0.251 e. The van der Waals surface area contributed by atoms with Gasteiger partial charge in [0.2, 0.25) is 5.75 Å². The van der Waals surface area contributed by atoms with Crippen molar-refractivity contribution in [3.63, 3.8) is 0 Å². The summed E-state index contributed by atoms with van der Waals surface area (Å²) >= 11 is 0. The zero-order valence-corrected chi connectivity index (χ0v) is 16.4. The number of aliphatic hydroxyl groups is 1. The van der Waals surface area contributed by atoms with Crippen LogP contribution in [-0.2, 0) is 0 Å². The Morgan fingerprint density at radius 2 is 1.68 bits per heavy atom. The third kappa shape index (κ3) is 5.26. The first-order valence-corrected chi connectivity index (χ1v) is 8.62. The van der Waals surface area contributed by atoms with Crippen LogP contribution >= 0.6 is 0 Å². The van der Waals surface area contributed by atoms with Crippen molar-refractivity contribution in [1.82, 2.24) is 5.32 Å². The zero-order valence-electron chi connectivity index (χ0n) is 16.4. The molecule has 2 aromatic rings. The van der Waals surface area contributed by atoms with E-state index in [0.717, 1.165) is 5.69 Å². The minimum atomic E-state index is -0.818. The minimum absolute atomic E-state index is 0.0427. The Morgan fingerprint density at radius 3 is 2.18 bits per heavy atom. The predicted octanol–water partition coefficient (Wildman–Crippen LogP) is 2.08. The molecule has 0 saturated carbocycles. The van der Waals surface area contributed by atoms with Gasteiger partial charge in [0.05, 0.1) is 27.4 Å². The van der Waals surface area contributed by atoms with Gasteiger partial charge in [0.15, 0.2) is 11.5 Å². The quantitative estimate of drug-likeness (QED) is 0.680. The van der Waals surface area contributed by atoms with E-state index in [1.165, 1.54) is 45.6 Å². The molecular weight excluding hydrogens is 367 g/mol. The number of halogens is 1. The monoisotopic (exact) mass is 392 g/mol. The number of hydrogen-bond acceptors (Lipinski definition) is 6. The minimum Gasteiger partial charge on any atom is -0.493 e. The van der Waals surface area contributed by atoms with E-state index < -0.39 is 6.10 Å². The SMILES string of the molecule is COc1cc(C(=O)NCC(O)CN(C)c2ccc(F)cc2)cc(OC)c1OC. The van der Waals surface area contributed by atoms with Crippen molar-refractivity contribution >= 4 is 11.6 Å². The first-order chi connectivity index (χ1) is 13.4. The number of rotatable bonds is 9. The highest BCUT2D eigenvalue weighted by atomic mass is 19.1. The van der Waals surface area contributed by atoms with Gasteiger partial charge >= 0.3 is 0 Å². The fourth-order valence-corrected chi connectivity index (χ4v) is 2.71. The van der Waals surface area contributed by atoms with E-state index in [4.69, 9.17) is 14.2 Å². The molecule has 2 aromatic carbocycles. The van der Waals surface area contributed by atoms with Gasteiger partial charge < -0.3 is 29.5 Å². The number of hydrogen-bond donors (Lipinski definition) is 2. The molecule has 0 spiro atoms. The van der Waals surface area contributed by atoms with Crippen molar-refractivity contribution in [2.24, 2.45) is 0 Å². The lowest BCUT2D eigenvalue weighted by molar-refractivity contribution is 0.0918. The topological polar surface area (TPSA) is 80.3 Å². The number of carbonyl (C=O) groups excluding carboxylic acids is 1. The number of nitrogens with one attached hydrogen (secondary N) is 1. The Kier molecular flexibility index (Phi) is 7.45. The van der Waals surface area contributed by atoms with E-state index in [-0.39, 0.29) is 24.8 Å². The van der Waals surface area contributed by atoms with Crippen molar-refractivity contribution in [1.29, 1.82) is 0 Å². The average Bonchev–Trinajstić information content (AvgIpc) is 2.71. The molecular formula is C20H25FN2O5. The molecule has 1 atom stereocenters. The van der Waals surface area contributed by atoms with Gasteiger partial charge in [-0.3, -0.25) is 4.79 Å². The van der Waals surface area contributed by atoms with Crippen LogP contribution in [0.3, 0.4) is 0 Å². The maximum atomic E-state index is 13.0. The molecule has 1 amide bonds. The second-order valence-electron chi connectivity index (χ2n) is 6.13. The predicted molar refractivity (Wildman–Crippen MR) is 104 cm³/mol. The summed E-state index contributed by atoms with van der Waals surface area (Å²) in [6, 6.07) is 9.02. The lowest BCUT2D eigenvalue weighted by Crippen LogP contribution is -2.39. The van der Waals surface area contributed by atoms with Gasteiger partial charge in [-0.05, 0) is 36.4 Å². The summed E-state index contributed by atoms with van der Waals surface area (Å²) in [5, 5.41) is 12.9. The lowest BCUT2D eigenvalue weighted by Gasteiger charge is -2.23. The van der Waals surface area contributed by atoms with E-state index >= 15 is 0 Å². The van der Waals surface area contributed by atoms with Crippen molar-refractivity contribution in [3.8, 4) is 17.2 Å². The molecule has 0 fully saturated rings. The number of amides is 1. The number of benzene rings is 2. The van der Waals surface area contributed by atoms with Crippen LogP contribution < -0.4 is 24.4 Å². The van der Waals surface area contributed by atoms with E-state index in [1.54, 1.807) is 24.1 Å². The second-order valence-corrected chi connectivity index (χ2v) is 6.13. The van der Waals surface area contributed by atoms with Crippen LogP contribution in [0.15, 0.2) is 36.4 Å². The Hall–Kier alpha value is -3.00. The Morgan fingerprint density at radius 1 is 1.11 bits per heavy atom. The molecule has 0 aromatic heterocycles. The van der Waals surface area contributed by atoms with E-state index in [9.17, 15) is 14.3 Å². The number of ether oxygens (including phenoxy) is 3. The van der Waals surface area contributed by atoms with Gasteiger partial charge in [0.1, 0.15) is 5.82 Å². The fraction of sp³-hybridized carbons (Fsp3) is 0.350. The third-order valence-corrected chi connectivity index (χ3v) is 4.18.